The predicted octanol–water partition coefficient (Wildman–Crippen LogP) is 3.27. The molecule has 0 saturated carbocycles. The van der Waals surface area contributed by atoms with E-state index in [4.69, 9.17) is 28.8 Å². The van der Waals surface area contributed by atoms with Crippen LogP contribution < -0.4 is 23.7 Å². The minimum absolute atomic E-state index is 0.231. The molecule has 0 spiro atoms. The monoisotopic (exact) mass is 412 g/mol. The molecule has 0 amide bonds. The number of aromatic nitrogens is 4. The van der Waals surface area contributed by atoms with Gasteiger partial charge >= 0.3 is 0 Å². The number of hydrogen-bond donors (Lipinski definition) is 0. The topological polar surface area (TPSA) is 89.2 Å². The van der Waals surface area contributed by atoms with Gasteiger partial charge < -0.3 is 23.7 Å². The second-order valence-electron chi connectivity index (χ2n) is 6.11. The zero-order chi connectivity index (χ0) is 20.0. The molecule has 29 heavy (non-hydrogen) atoms. The molecule has 0 fully saturated rings. The number of nitrogens with zero attached hydrogens (tertiary/aromatic N) is 4. The first-order valence-electron chi connectivity index (χ1n) is 8.64. The van der Waals surface area contributed by atoms with E-state index in [2.05, 4.69) is 10.2 Å². The molecule has 5 rings (SSSR count). The van der Waals surface area contributed by atoms with E-state index in [9.17, 15) is 0 Å². The SMILES string of the molecule is COc1cc(-c2nnc3sc(-c4ccc5c(c4)OCO5)nn23)cc(OC)c1OC. The third-order valence-corrected chi connectivity index (χ3v) is 5.48. The summed E-state index contributed by atoms with van der Waals surface area (Å²) < 4.78 is 28.8. The number of fused-ring (bicyclic) bond motifs is 2. The maximum absolute atomic E-state index is 5.46. The van der Waals surface area contributed by atoms with Gasteiger partial charge in [0.2, 0.25) is 17.5 Å². The fourth-order valence-corrected chi connectivity index (χ4v) is 3.99. The Balaban J connectivity index is 1.60. The molecule has 4 aromatic rings. The summed E-state index contributed by atoms with van der Waals surface area (Å²) in [6, 6.07) is 9.36. The first-order valence-corrected chi connectivity index (χ1v) is 9.46. The van der Waals surface area contributed by atoms with Gasteiger partial charge in [-0.1, -0.05) is 11.3 Å². The highest BCUT2D eigenvalue weighted by Crippen LogP contribution is 2.41. The van der Waals surface area contributed by atoms with Crippen molar-refractivity contribution in [1.82, 2.24) is 19.8 Å². The molecule has 3 heterocycles. The van der Waals surface area contributed by atoms with Crippen molar-refractivity contribution in [2.75, 3.05) is 28.1 Å². The third-order valence-electron chi connectivity index (χ3n) is 4.53. The molecule has 0 radical (unpaired) electrons. The molecule has 0 aliphatic carbocycles. The van der Waals surface area contributed by atoms with E-state index in [1.54, 1.807) is 25.8 Å². The molecule has 0 saturated heterocycles. The fraction of sp³-hybridized carbons (Fsp3) is 0.211. The van der Waals surface area contributed by atoms with Crippen molar-refractivity contribution in [3.63, 3.8) is 0 Å². The standard InChI is InChI=1S/C19H16N4O5S/c1-24-14-7-11(8-15(25-2)16(14)26-3)17-20-21-19-23(17)22-18(29-19)10-4-5-12-13(6-10)28-9-27-12/h4-8H,9H2,1-3H3. The van der Waals surface area contributed by atoms with Crippen molar-refractivity contribution in [3.05, 3.63) is 30.3 Å². The van der Waals surface area contributed by atoms with E-state index in [-0.39, 0.29) is 6.79 Å². The summed E-state index contributed by atoms with van der Waals surface area (Å²) >= 11 is 1.43. The summed E-state index contributed by atoms with van der Waals surface area (Å²) in [5.41, 5.74) is 1.66. The molecule has 9 nitrogen and oxygen atoms in total. The highest BCUT2D eigenvalue weighted by Gasteiger charge is 2.21. The Morgan fingerprint density at radius 1 is 0.897 bits per heavy atom. The number of hydrogen-bond acceptors (Lipinski definition) is 9. The molecular weight excluding hydrogens is 396 g/mol. The van der Waals surface area contributed by atoms with Crippen LogP contribution in [-0.2, 0) is 0 Å². The van der Waals surface area contributed by atoms with E-state index < -0.39 is 0 Å². The molecule has 0 atom stereocenters. The molecule has 2 aromatic heterocycles. The molecule has 0 N–H and O–H groups in total. The van der Waals surface area contributed by atoms with Gasteiger partial charge in [-0.15, -0.1) is 10.2 Å². The quantitative estimate of drug-likeness (QED) is 0.493. The Hall–Kier alpha value is -3.53. The van der Waals surface area contributed by atoms with Gasteiger partial charge in [-0.05, 0) is 30.3 Å². The average Bonchev–Trinajstić information content (AvgIpc) is 3.47. The van der Waals surface area contributed by atoms with Crippen LogP contribution in [0.15, 0.2) is 30.3 Å². The number of benzene rings is 2. The van der Waals surface area contributed by atoms with Gasteiger partial charge in [-0.3, -0.25) is 0 Å². The van der Waals surface area contributed by atoms with Crippen molar-refractivity contribution in [2.24, 2.45) is 0 Å². The average molecular weight is 412 g/mol. The lowest BCUT2D eigenvalue weighted by molar-refractivity contribution is 0.174. The normalized spacial score (nSPS) is 12.4. The summed E-state index contributed by atoms with van der Waals surface area (Å²) in [5, 5.41) is 14.0. The zero-order valence-electron chi connectivity index (χ0n) is 15.8. The van der Waals surface area contributed by atoms with Crippen LogP contribution in [0.3, 0.4) is 0 Å². The van der Waals surface area contributed by atoms with E-state index in [0.29, 0.717) is 33.8 Å². The molecule has 2 aromatic carbocycles. The van der Waals surface area contributed by atoms with Crippen LogP contribution in [-0.4, -0.2) is 47.9 Å². The summed E-state index contributed by atoms with van der Waals surface area (Å²) in [7, 11) is 4.70. The maximum atomic E-state index is 5.46. The lowest BCUT2D eigenvalue weighted by Gasteiger charge is -2.13. The van der Waals surface area contributed by atoms with Gasteiger partial charge in [0.25, 0.3) is 0 Å². The van der Waals surface area contributed by atoms with Crippen molar-refractivity contribution in [2.45, 2.75) is 0 Å². The van der Waals surface area contributed by atoms with Gasteiger partial charge in [-0.25, -0.2) is 0 Å². The number of methoxy groups -OCH3 is 3. The van der Waals surface area contributed by atoms with Gasteiger partial charge in [0.05, 0.1) is 21.3 Å². The van der Waals surface area contributed by atoms with Crippen LogP contribution in [0, 0.1) is 0 Å². The van der Waals surface area contributed by atoms with E-state index in [1.165, 1.54) is 11.3 Å². The maximum Gasteiger partial charge on any atom is 0.235 e. The number of ether oxygens (including phenoxy) is 5. The number of rotatable bonds is 5. The Morgan fingerprint density at radius 2 is 1.66 bits per heavy atom. The fourth-order valence-electron chi connectivity index (χ4n) is 3.15. The first kappa shape index (κ1) is 17.6. The summed E-state index contributed by atoms with van der Waals surface area (Å²) in [5.74, 6) is 3.59. The first-order chi connectivity index (χ1) is 14.2. The van der Waals surface area contributed by atoms with Crippen molar-refractivity contribution >= 4 is 16.3 Å². The van der Waals surface area contributed by atoms with Crippen molar-refractivity contribution in [3.8, 4) is 50.7 Å². The van der Waals surface area contributed by atoms with Crippen LogP contribution in [0.4, 0.5) is 0 Å². The summed E-state index contributed by atoms with van der Waals surface area (Å²) in [6.45, 7) is 0.231. The second kappa shape index (κ2) is 6.82. The minimum Gasteiger partial charge on any atom is -0.493 e. The smallest absolute Gasteiger partial charge is 0.235 e. The highest BCUT2D eigenvalue weighted by molar-refractivity contribution is 7.19. The molecule has 1 aliphatic rings. The van der Waals surface area contributed by atoms with Crippen LogP contribution in [0.25, 0.3) is 26.9 Å². The Bertz CT molecular complexity index is 1190. The largest absolute Gasteiger partial charge is 0.493 e. The van der Waals surface area contributed by atoms with Crippen LogP contribution in [0.1, 0.15) is 0 Å². The van der Waals surface area contributed by atoms with Gasteiger partial charge in [0, 0.05) is 11.1 Å². The third kappa shape index (κ3) is 2.80. The Morgan fingerprint density at radius 3 is 2.38 bits per heavy atom. The van der Waals surface area contributed by atoms with Crippen LogP contribution >= 0.6 is 11.3 Å². The Kier molecular flexibility index (Phi) is 4.13. The lowest BCUT2D eigenvalue weighted by Crippen LogP contribution is -1.97. The van der Waals surface area contributed by atoms with Crippen molar-refractivity contribution in [1.29, 1.82) is 0 Å². The minimum atomic E-state index is 0.231. The van der Waals surface area contributed by atoms with Gasteiger partial charge in [0.1, 0.15) is 5.01 Å². The van der Waals surface area contributed by atoms with E-state index in [1.807, 2.05) is 30.3 Å². The van der Waals surface area contributed by atoms with E-state index >= 15 is 0 Å². The highest BCUT2D eigenvalue weighted by atomic mass is 32.1. The second-order valence-corrected chi connectivity index (χ2v) is 7.06. The molecule has 0 bridgehead atoms. The molecule has 10 heteroatoms. The summed E-state index contributed by atoms with van der Waals surface area (Å²) in [6.07, 6.45) is 0. The Labute approximate surface area is 169 Å². The van der Waals surface area contributed by atoms with Crippen LogP contribution in [0.2, 0.25) is 0 Å². The molecular formula is C19H16N4O5S. The van der Waals surface area contributed by atoms with Crippen LogP contribution in [0.5, 0.6) is 28.7 Å². The van der Waals surface area contributed by atoms with Gasteiger partial charge in [-0.2, -0.15) is 9.61 Å². The summed E-state index contributed by atoms with van der Waals surface area (Å²) in [4.78, 5) is 0.668. The molecule has 0 unspecified atom stereocenters. The van der Waals surface area contributed by atoms with Gasteiger partial charge in [0.15, 0.2) is 28.8 Å². The molecule has 1 aliphatic heterocycles. The van der Waals surface area contributed by atoms with E-state index in [0.717, 1.165) is 21.9 Å². The van der Waals surface area contributed by atoms with Crippen molar-refractivity contribution < 1.29 is 23.7 Å². The lowest BCUT2D eigenvalue weighted by atomic mass is 10.1. The predicted molar refractivity (Wildman–Crippen MR) is 105 cm³/mol. The zero-order valence-corrected chi connectivity index (χ0v) is 16.6. The molecule has 148 valence electrons.